The van der Waals surface area contributed by atoms with Gasteiger partial charge in [-0.15, -0.1) is 0 Å². The van der Waals surface area contributed by atoms with E-state index in [-0.39, 0.29) is 23.7 Å². The van der Waals surface area contributed by atoms with Crippen LogP contribution >= 0.6 is 0 Å². The summed E-state index contributed by atoms with van der Waals surface area (Å²) in [5.74, 6) is 1.44. The Hall–Kier alpha value is -2.77. The summed E-state index contributed by atoms with van der Waals surface area (Å²) in [5, 5.41) is 6.98. The molecule has 2 aromatic rings. The number of nitrogens with one attached hydrogen (secondary N) is 1. The van der Waals surface area contributed by atoms with Crippen molar-refractivity contribution in [2.75, 3.05) is 13.1 Å². The van der Waals surface area contributed by atoms with E-state index in [1.54, 1.807) is 0 Å². The number of hydrogen-bond donors (Lipinski definition) is 1. The normalized spacial score (nSPS) is 22.0. The summed E-state index contributed by atoms with van der Waals surface area (Å²) >= 11 is 0. The van der Waals surface area contributed by atoms with Gasteiger partial charge >= 0.3 is 0 Å². The summed E-state index contributed by atoms with van der Waals surface area (Å²) in [6, 6.07) is 0. The molecule has 2 aromatic heterocycles. The molecule has 146 valence electrons. The molecule has 0 spiro atoms. The number of aryl methyl sites for hydroxylation is 1. The van der Waals surface area contributed by atoms with Gasteiger partial charge < -0.3 is 14.7 Å². The summed E-state index contributed by atoms with van der Waals surface area (Å²) in [6.07, 6.45) is 6.21. The molecule has 1 atom stereocenters. The molecule has 2 aliphatic heterocycles. The van der Waals surface area contributed by atoms with Crippen LogP contribution in [-0.4, -0.2) is 44.9 Å². The van der Waals surface area contributed by atoms with Crippen molar-refractivity contribution >= 4 is 11.8 Å². The fourth-order valence-electron chi connectivity index (χ4n) is 4.33. The van der Waals surface area contributed by atoms with E-state index in [9.17, 15) is 9.59 Å². The summed E-state index contributed by atoms with van der Waals surface area (Å²) < 4.78 is 5.46. The molecule has 1 N–H and O–H groups in total. The molecule has 0 aromatic carbocycles. The van der Waals surface area contributed by atoms with Crippen molar-refractivity contribution in [3.05, 3.63) is 28.9 Å². The third kappa shape index (κ3) is 2.87. The minimum Gasteiger partial charge on any atom is -0.355 e. The van der Waals surface area contributed by atoms with Crippen LogP contribution in [0.25, 0.3) is 11.4 Å². The van der Waals surface area contributed by atoms with Crippen LogP contribution in [0.5, 0.6) is 0 Å². The number of hydrogen-bond acceptors (Lipinski definition) is 6. The van der Waals surface area contributed by atoms with E-state index in [2.05, 4.69) is 20.4 Å². The van der Waals surface area contributed by atoms with Gasteiger partial charge in [0.25, 0.3) is 0 Å². The number of nitrogens with zero attached hydrogens (tertiary/aromatic N) is 4. The number of carbonyl (C=O) groups excluding carboxylic acids is 2. The lowest BCUT2D eigenvalue weighted by atomic mass is 9.83. The largest absolute Gasteiger partial charge is 0.355 e. The highest BCUT2D eigenvalue weighted by atomic mass is 16.5. The van der Waals surface area contributed by atoms with Gasteiger partial charge in [0.2, 0.25) is 23.5 Å². The number of amides is 2. The number of aromatic nitrogens is 3. The van der Waals surface area contributed by atoms with Crippen molar-refractivity contribution < 1.29 is 14.1 Å². The first-order valence-electron chi connectivity index (χ1n) is 9.97. The Morgan fingerprint density at radius 2 is 2.21 bits per heavy atom. The van der Waals surface area contributed by atoms with Gasteiger partial charge in [-0.3, -0.25) is 14.6 Å². The zero-order chi connectivity index (χ0) is 19.3. The minimum atomic E-state index is -0.0721. The molecular weight excluding hydrogens is 358 g/mol. The van der Waals surface area contributed by atoms with Gasteiger partial charge in [0.1, 0.15) is 0 Å². The van der Waals surface area contributed by atoms with Gasteiger partial charge in [-0.1, -0.05) is 11.6 Å². The van der Waals surface area contributed by atoms with Crippen molar-refractivity contribution in [3.63, 3.8) is 0 Å². The van der Waals surface area contributed by atoms with Gasteiger partial charge in [0, 0.05) is 49.4 Å². The van der Waals surface area contributed by atoms with Gasteiger partial charge in [-0.2, -0.15) is 4.98 Å². The highest BCUT2D eigenvalue weighted by Gasteiger charge is 2.33. The fourth-order valence-corrected chi connectivity index (χ4v) is 4.33. The van der Waals surface area contributed by atoms with Crippen LogP contribution in [0.1, 0.15) is 54.3 Å². The Balaban J connectivity index is 1.43. The molecular formula is C20H23N5O3. The molecule has 5 rings (SSSR count). The maximum absolute atomic E-state index is 12.6. The van der Waals surface area contributed by atoms with E-state index in [0.717, 1.165) is 48.1 Å². The maximum Gasteiger partial charge on any atom is 0.232 e. The molecule has 28 heavy (non-hydrogen) atoms. The van der Waals surface area contributed by atoms with Crippen LogP contribution in [0.15, 0.2) is 10.7 Å². The minimum absolute atomic E-state index is 0.0101. The van der Waals surface area contributed by atoms with Crippen LogP contribution in [0.4, 0.5) is 0 Å². The van der Waals surface area contributed by atoms with E-state index in [0.29, 0.717) is 37.8 Å². The van der Waals surface area contributed by atoms with Gasteiger partial charge in [0.15, 0.2) is 0 Å². The Labute approximate surface area is 162 Å². The highest BCUT2D eigenvalue weighted by Crippen LogP contribution is 2.34. The van der Waals surface area contributed by atoms with E-state index in [4.69, 9.17) is 4.52 Å². The topological polar surface area (TPSA) is 101 Å². The molecule has 2 amide bonds. The van der Waals surface area contributed by atoms with E-state index in [1.165, 1.54) is 0 Å². The standard InChI is InChI=1S/C20H23N5O3/c1-11-17(18-23-19(28-24-18)13-7-16(26)22-8-13)15-5-6-25(10-14(15)9-21-11)20(27)12-3-2-4-12/h9,12-13H,2-8,10H2,1H3,(H,22,26). The Morgan fingerprint density at radius 1 is 1.36 bits per heavy atom. The summed E-state index contributed by atoms with van der Waals surface area (Å²) in [7, 11) is 0. The maximum atomic E-state index is 12.6. The number of carbonyl (C=O) groups is 2. The fraction of sp³-hybridized carbons (Fsp3) is 0.550. The molecule has 0 bridgehead atoms. The molecule has 1 saturated carbocycles. The summed E-state index contributed by atoms with van der Waals surface area (Å²) in [6.45, 7) is 3.78. The first-order valence-corrected chi connectivity index (χ1v) is 9.97. The second kappa shape index (κ2) is 6.68. The van der Waals surface area contributed by atoms with Crippen LogP contribution in [0.2, 0.25) is 0 Å². The monoisotopic (exact) mass is 381 g/mol. The van der Waals surface area contributed by atoms with Crippen molar-refractivity contribution in [2.24, 2.45) is 5.92 Å². The number of fused-ring (bicyclic) bond motifs is 1. The van der Waals surface area contributed by atoms with E-state index >= 15 is 0 Å². The molecule has 3 aliphatic rings. The molecule has 1 saturated heterocycles. The number of pyridine rings is 1. The predicted octanol–water partition coefficient (Wildman–Crippen LogP) is 1.73. The average Bonchev–Trinajstić information content (AvgIpc) is 3.28. The molecule has 8 heteroatoms. The molecule has 1 unspecified atom stereocenters. The zero-order valence-electron chi connectivity index (χ0n) is 15.9. The van der Waals surface area contributed by atoms with Gasteiger partial charge in [-0.25, -0.2) is 0 Å². The second-order valence-electron chi connectivity index (χ2n) is 8.02. The third-order valence-electron chi connectivity index (χ3n) is 6.22. The van der Waals surface area contributed by atoms with Crippen LogP contribution in [0, 0.1) is 12.8 Å². The van der Waals surface area contributed by atoms with Gasteiger partial charge in [-0.05, 0) is 37.3 Å². The quantitative estimate of drug-likeness (QED) is 0.869. The van der Waals surface area contributed by atoms with Crippen LogP contribution < -0.4 is 5.32 Å². The lowest BCUT2D eigenvalue weighted by molar-refractivity contribution is -0.139. The van der Waals surface area contributed by atoms with Gasteiger partial charge in [0.05, 0.1) is 5.92 Å². The zero-order valence-corrected chi connectivity index (χ0v) is 15.9. The lowest BCUT2D eigenvalue weighted by Gasteiger charge is -2.35. The molecule has 4 heterocycles. The average molecular weight is 381 g/mol. The van der Waals surface area contributed by atoms with E-state index < -0.39 is 0 Å². The molecule has 2 fully saturated rings. The second-order valence-corrected chi connectivity index (χ2v) is 8.02. The highest BCUT2D eigenvalue weighted by molar-refractivity contribution is 5.80. The van der Waals surface area contributed by atoms with Crippen LogP contribution in [-0.2, 0) is 22.6 Å². The van der Waals surface area contributed by atoms with Crippen molar-refractivity contribution in [1.82, 2.24) is 25.3 Å². The van der Waals surface area contributed by atoms with E-state index in [1.807, 2.05) is 18.0 Å². The lowest BCUT2D eigenvalue weighted by Crippen LogP contribution is -2.42. The predicted molar refractivity (Wildman–Crippen MR) is 99.1 cm³/mol. The Kier molecular flexibility index (Phi) is 4.14. The molecule has 1 aliphatic carbocycles. The molecule has 8 nitrogen and oxygen atoms in total. The molecule has 0 radical (unpaired) electrons. The summed E-state index contributed by atoms with van der Waals surface area (Å²) in [4.78, 5) is 35.2. The van der Waals surface area contributed by atoms with Crippen molar-refractivity contribution in [3.8, 4) is 11.4 Å². The summed E-state index contributed by atoms with van der Waals surface area (Å²) in [5.41, 5.74) is 3.97. The first kappa shape index (κ1) is 17.3. The van der Waals surface area contributed by atoms with Crippen molar-refractivity contribution in [2.45, 2.75) is 51.5 Å². The van der Waals surface area contributed by atoms with Crippen LogP contribution in [0.3, 0.4) is 0 Å². The Morgan fingerprint density at radius 3 is 2.93 bits per heavy atom. The smallest absolute Gasteiger partial charge is 0.232 e. The third-order valence-corrected chi connectivity index (χ3v) is 6.22. The number of rotatable bonds is 3. The van der Waals surface area contributed by atoms with Crippen molar-refractivity contribution in [1.29, 1.82) is 0 Å². The Bertz CT molecular complexity index is 949. The first-order chi connectivity index (χ1) is 13.6. The SMILES string of the molecule is Cc1ncc2c(c1-c1noc(C3CNC(=O)C3)n1)CCN(C(=O)C1CCC1)C2.